The average Bonchev–Trinajstić information content (AvgIpc) is 3.39. The zero-order valence-corrected chi connectivity index (χ0v) is 16.0. The van der Waals surface area contributed by atoms with E-state index in [1.807, 2.05) is 24.3 Å². The zero-order chi connectivity index (χ0) is 19.1. The zero-order valence-electron chi connectivity index (χ0n) is 15.2. The number of benzene rings is 1. The quantitative estimate of drug-likeness (QED) is 0.513. The van der Waals surface area contributed by atoms with Gasteiger partial charge in [-0.1, -0.05) is 25.0 Å². The molecule has 0 aliphatic heterocycles. The van der Waals surface area contributed by atoms with Crippen LogP contribution in [0.3, 0.4) is 0 Å². The van der Waals surface area contributed by atoms with Crippen molar-refractivity contribution < 1.29 is 9.18 Å². The third kappa shape index (κ3) is 3.16. The molecule has 1 N–H and O–H groups in total. The van der Waals surface area contributed by atoms with Crippen LogP contribution in [0.1, 0.15) is 32.1 Å². The predicted octanol–water partition coefficient (Wildman–Crippen LogP) is 5.27. The van der Waals surface area contributed by atoms with Gasteiger partial charge in [0.25, 0.3) is 0 Å². The highest BCUT2D eigenvalue weighted by Gasteiger charge is 2.23. The molecule has 3 heterocycles. The van der Waals surface area contributed by atoms with Crippen molar-refractivity contribution in [3.63, 3.8) is 0 Å². The molecule has 1 saturated carbocycles. The number of amides is 1. The Hall–Kier alpha value is -2.80. The van der Waals surface area contributed by atoms with Gasteiger partial charge in [0.15, 0.2) is 5.82 Å². The summed E-state index contributed by atoms with van der Waals surface area (Å²) in [6, 6.07) is 10.8. The Morgan fingerprint density at radius 1 is 1.18 bits per heavy atom. The van der Waals surface area contributed by atoms with Crippen LogP contribution in [0.25, 0.3) is 26.6 Å². The van der Waals surface area contributed by atoms with Gasteiger partial charge in [-0.3, -0.25) is 9.20 Å². The number of imidazole rings is 1. The van der Waals surface area contributed by atoms with Crippen LogP contribution in [0.15, 0.2) is 42.6 Å². The summed E-state index contributed by atoms with van der Waals surface area (Å²) in [5, 5.41) is 3.67. The number of thiazole rings is 1. The standard InChI is InChI=1S/C21H19FN4OS/c22-14-9-10-17-24-20(25-18(27)11-13-5-1-2-6-13)19(26(17)12-14)21-23-15-7-3-4-8-16(15)28-21/h3-4,7-10,12-13H,1-2,5-6,11H2,(H,25,27). The first-order valence-electron chi connectivity index (χ1n) is 9.51. The number of hydrogen-bond acceptors (Lipinski definition) is 4. The fraction of sp³-hybridized carbons (Fsp3) is 0.286. The number of pyridine rings is 1. The van der Waals surface area contributed by atoms with E-state index in [1.54, 1.807) is 10.5 Å². The SMILES string of the molecule is O=C(CC1CCCC1)Nc1nc2ccc(F)cn2c1-c1nc2ccccc2s1. The van der Waals surface area contributed by atoms with E-state index >= 15 is 0 Å². The lowest BCUT2D eigenvalue weighted by atomic mass is 10.0. The Bertz CT molecular complexity index is 1140. The van der Waals surface area contributed by atoms with Crippen molar-refractivity contribution in [1.29, 1.82) is 0 Å². The molecule has 0 atom stereocenters. The maximum Gasteiger partial charge on any atom is 0.225 e. The lowest BCUT2D eigenvalue weighted by Crippen LogP contribution is -2.16. The number of aromatic nitrogens is 3. The van der Waals surface area contributed by atoms with Crippen molar-refractivity contribution in [1.82, 2.24) is 14.4 Å². The summed E-state index contributed by atoms with van der Waals surface area (Å²) in [5.74, 6) is 0.474. The summed E-state index contributed by atoms with van der Waals surface area (Å²) < 4.78 is 16.6. The molecule has 0 saturated heterocycles. The van der Waals surface area contributed by atoms with Gasteiger partial charge >= 0.3 is 0 Å². The van der Waals surface area contributed by atoms with Gasteiger partial charge in [0, 0.05) is 12.6 Å². The number of rotatable bonds is 4. The highest BCUT2D eigenvalue weighted by molar-refractivity contribution is 7.21. The number of hydrogen-bond donors (Lipinski definition) is 1. The second kappa shape index (κ2) is 6.98. The topological polar surface area (TPSA) is 59.3 Å². The van der Waals surface area contributed by atoms with E-state index < -0.39 is 0 Å². The van der Waals surface area contributed by atoms with Crippen LogP contribution in [0.4, 0.5) is 10.2 Å². The van der Waals surface area contributed by atoms with Gasteiger partial charge in [0.05, 0.1) is 10.2 Å². The van der Waals surface area contributed by atoms with E-state index in [-0.39, 0.29) is 11.7 Å². The van der Waals surface area contributed by atoms with Crippen LogP contribution < -0.4 is 5.32 Å². The highest BCUT2D eigenvalue weighted by atomic mass is 32.1. The summed E-state index contributed by atoms with van der Waals surface area (Å²) in [6.45, 7) is 0. The molecule has 7 heteroatoms. The monoisotopic (exact) mass is 394 g/mol. The molecule has 1 aliphatic rings. The van der Waals surface area contributed by atoms with Crippen molar-refractivity contribution in [2.24, 2.45) is 5.92 Å². The highest BCUT2D eigenvalue weighted by Crippen LogP contribution is 2.36. The van der Waals surface area contributed by atoms with E-state index in [0.29, 0.717) is 34.5 Å². The van der Waals surface area contributed by atoms with Crippen molar-refractivity contribution in [3.05, 3.63) is 48.4 Å². The molecule has 5 nitrogen and oxygen atoms in total. The Balaban J connectivity index is 1.57. The molecular formula is C21H19FN4OS. The molecule has 4 aromatic rings. The van der Waals surface area contributed by atoms with Crippen LogP contribution in [0.5, 0.6) is 0 Å². The molecule has 1 amide bonds. The van der Waals surface area contributed by atoms with Gasteiger partial charge in [-0.15, -0.1) is 11.3 Å². The molecule has 3 aromatic heterocycles. The van der Waals surface area contributed by atoms with Crippen LogP contribution >= 0.6 is 11.3 Å². The molecule has 28 heavy (non-hydrogen) atoms. The van der Waals surface area contributed by atoms with Gasteiger partial charge in [-0.25, -0.2) is 14.4 Å². The van der Waals surface area contributed by atoms with Crippen LogP contribution in [0, 0.1) is 11.7 Å². The molecule has 1 aliphatic carbocycles. The first-order valence-corrected chi connectivity index (χ1v) is 10.3. The largest absolute Gasteiger partial charge is 0.309 e. The summed E-state index contributed by atoms with van der Waals surface area (Å²) in [5.41, 5.74) is 2.07. The van der Waals surface area contributed by atoms with Gasteiger partial charge < -0.3 is 5.32 Å². The smallest absolute Gasteiger partial charge is 0.225 e. The Kier molecular flexibility index (Phi) is 4.31. The summed E-state index contributed by atoms with van der Waals surface area (Å²) >= 11 is 1.50. The van der Waals surface area contributed by atoms with Gasteiger partial charge in [-0.2, -0.15) is 0 Å². The van der Waals surface area contributed by atoms with E-state index in [0.717, 1.165) is 23.1 Å². The lowest BCUT2D eigenvalue weighted by Gasteiger charge is -2.09. The second-order valence-corrected chi connectivity index (χ2v) is 8.30. The van der Waals surface area contributed by atoms with Gasteiger partial charge in [-0.05, 0) is 43.0 Å². The van der Waals surface area contributed by atoms with E-state index in [4.69, 9.17) is 4.98 Å². The number of fused-ring (bicyclic) bond motifs is 2. The van der Waals surface area contributed by atoms with E-state index in [9.17, 15) is 9.18 Å². The third-order valence-electron chi connectivity index (χ3n) is 5.29. The van der Waals surface area contributed by atoms with Crippen molar-refractivity contribution in [2.45, 2.75) is 32.1 Å². The minimum Gasteiger partial charge on any atom is -0.309 e. The molecule has 0 spiro atoms. The van der Waals surface area contributed by atoms with E-state index in [1.165, 1.54) is 36.4 Å². The third-order valence-corrected chi connectivity index (χ3v) is 6.33. The lowest BCUT2D eigenvalue weighted by molar-refractivity contribution is -0.117. The summed E-state index contributed by atoms with van der Waals surface area (Å²) in [6.07, 6.45) is 6.49. The predicted molar refractivity (Wildman–Crippen MR) is 109 cm³/mol. The molecule has 142 valence electrons. The summed E-state index contributed by atoms with van der Waals surface area (Å²) in [7, 11) is 0. The molecule has 0 bridgehead atoms. The number of nitrogens with zero attached hydrogens (tertiary/aromatic N) is 3. The van der Waals surface area contributed by atoms with Crippen LogP contribution in [-0.4, -0.2) is 20.3 Å². The van der Waals surface area contributed by atoms with Crippen molar-refractivity contribution in [2.75, 3.05) is 5.32 Å². The number of nitrogens with one attached hydrogen (secondary N) is 1. The minimum atomic E-state index is -0.365. The van der Waals surface area contributed by atoms with Crippen LogP contribution in [-0.2, 0) is 4.79 Å². The Morgan fingerprint density at radius 2 is 2.00 bits per heavy atom. The van der Waals surface area contributed by atoms with Gasteiger partial charge in [0.2, 0.25) is 5.91 Å². The maximum absolute atomic E-state index is 13.9. The van der Waals surface area contributed by atoms with Crippen LogP contribution in [0.2, 0.25) is 0 Å². The Labute approximate surface area is 165 Å². The number of halogens is 1. The molecule has 1 fully saturated rings. The molecule has 5 rings (SSSR count). The molecule has 0 unspecified atom stereocenters. The number of carbonyl (C=O) groups is 1. The van der Waals surface area contributed by atoms with E-state index in [2.05, 4.69) is 10.3 Å². The number of carbonyl (C=O) groups excluding carboxylic acids is 1. The molecule has 1 aromatic carbocycles. The summed E-state index contributed by atoms with van der Waals surface area (Å²) in [4.78, 5) is 21.9. The fourth-order valence-electron chi connectivity index (χ4n) is 3.94. The number of anilines is 1. The van der Waals surface area contributed by atoms with Crippen molar-refractivity contribution in [3.8, 4) is 10.7 Å². The average molecular weight is 394 g/mol. The fourth-order valence-corrected chi connectivity index (χ4v) is 4.95. The second-order valence-electron chi connectivity index (χ2n) is 7.27. The normalized spacial score (nSPS) is 14.9. The van der Waals surface area contributed by atoms with Crippen molar-refractivity contribution >= 4 is 38.9 Å². The molecular weight excluding hydrogens is 375 g/mol. The van der Waals surface area contributed by atoms with Gasteiger partial charge in [0.1, 0.15) is 22.2 Å². The number of para-hydroxylation sites is 1. The first-order chi connectivity index (χ1) is 13.7. The minimum absolute atomic E-state index is 0.0434. The Morgan fingerprint density at radius 3 is 2.82 bits per heavy atom. The molecule has 0 radical (unpaired) electrons. The first kappa shape index (κ1) is 17.3. The maximum atomic E-state index is 13.9.